The molecule has 1 saturated heterocycles. The summed E-state index contributed by atoms with van der Waals surface area (Å²) in [4.78, 5) is 12.9. The van der Waals surface area contributed by atoms with Gasteiger partial charge in [-0.3, -0.25) is 4.79 Å². The summed E-state index contributed by atoms with van der Waals surface area (Å²) in [5, 5.41) is 54.3. The molecule has 6 N–H and O–H groups in total. The van der Waals surface area contributed by atoms with E-state index >= 15 is 0 Å². The molecule has 0 bridgehead atoms. The van der Waals surface area contributed by atoms with Crippen LogP contribution in [0.5, 0.6) is 0 Å². The molecule has 1 aliphatic rings. The third kappa shape index (κ3) is 36.3. The molecule has 9 nitrogen and oxygen atoms in total. The molecule has 0 aromatic carbocycles. The Labute approximate surface area is 400 Å². The molecule has 0 aliphatic carbocycles. The first kappa shape index (κ1) is 61.7. The maximum absolute atomic E-state index is 12.9. The molecule has 1 aliphatic heterocycles. The van der Waals surface area contributed by atoms with E-state index in [4.69, 9.17) is 9.47 Å². The molecule has 9 heteroatoms. The Hall–Kier alpha value is -1.33. The maximum atomic E-state index is 12.9. The number of amides is 1. The third-order valence-electron chi connectivity index (χ3n) is 13.5. The smallest absolute Gasteiger partial charge is 0.220 e. The minimum Gasteiger partial charge on any atom is -0.394 e. The highest BCUT2D eigenvalue weighted by molar-refractivity contribution is 5.76. The fourth-order valence-corrected chi connectivity index (χ4v) is 9.04. The van der Waals surface area contributed by atoms with Crippen LogP contribution in [0.2, 0.25) is 0 Å². The molecule has 1 rings (SSSR count). The van der Waals surface area contributed by atoms with Gasteiger partial charge in [0.15, 0.2) is 6.29 Å². The lowest BCUT2D eigenvalue weighted by atomic mass is 9.99. The van der Waals surface area contributed by atoms with Gasteiger partial charge in [-0.25, -0.2) is 0 Å². The van der Waals surface area contributed by atoms with Gasteiger partial charge in [-0.15, -0.1) is 0 Å². The molecular formula is C56H107NO8. The third-order valence-corrected chi connectivity index (χ3v) is 13.5. The van der Waals surface area contributed by atoms with Crippen LogP contribution in [-0.2, 0) is 14.3 Å². The molecule has 384 valence electrons. The van der Waals surface area contributed by atoms with E-state index < -0.39 is 49.5 Å². The van der Waals surface area contributed by atoms with Crippen molar-refractivity contribution in [1.29, 1.82) is 0 Å². The topological polar surface area (TPSA) is 149 Å². The Balaban J connectivity index is 2.11. The van der Waals surface area contributed by atoms with E-state index in [1.54, 1.807) is 6.08 Å². The van der Waals surface area contributed by atoms with Crippen LogP contribution < -0.4 is 5.32 Å². The van der Waals surface area contributed by atoms with Crippen LogP contribution in [0.15, 0.2) is 24.3 Å². The van der Waals surface area contributed by atoms with Crippen molar-refractivity contribution >= 4 is 5.91 Å². The number of hydrogen-bond donors (Lipinski definition) is 6. The van der Waals surface area contributed by atoms with E-state index in [1.165, 1.54) is 186 Å². The highest BCUT2D eigenvalue weighted by atomic mass is 16.7. The number of aliphatic hydroxyl groups excluding tert-OH is 5. The van der Waals surface area contributed by atoms with Crippen molar-refractivity contribution in [3.8, 4) is 0 Å². The van der Waals surface area contributed by atoms with Gasteiger partial charge in [0.1, 0.15) is 24.4 Å². The van der Waals surface area contributed by atoms with E-state index in [0.29, 0.717) is 6.42 Å². The van der Waals surface area contributed by atoms with Crippen molar-refractivity contribution in [2.75, 3.05) is 13.2 Å². The van der Waals surface area contributed by atoms with E-state index in [2.05, 4.69) is 31.3 Å². The second-order valence-corrected chi connectivity index (χ2v) is 19.7. The molecule has 1 heterocycles. The fraction of sp³-hybridized carbons (Fsp3) is 0.911. The van der Waals surface area contributed by atoms with Crippen molar-refractivity contribution < 1.29 is 39.8 Å². The summed E-state index contributed by atoms with van der Waals surface area (Å²) in [6, 6.07) is -0.806. The molecule has 1 fully saturated rings. The van der Waals surface area contributed by atoms with Gasteiger partial charge in [0, 0.05) is 6.42 Å². The molecule has 7 atom stereocenters. The number of carbonyl (C=O) groups is 1. The van der Waals surface area contributed by atoms with Crippen molar-refractivity contribution in [2.24, 2.45) is 0 Å². The van der Waals surface area contributed by atoms with Crippen LogP contribution in [0.3, 0.4) is 0 Å². The first-order valence-corrected chi connectivity index (χ1v) is 28.1. The average molecular weight is 922 g/mol. The zero-order chi connectivity index (χ0) is 47.3. The summed E-state index contributed by atoms with van der Waals surface area (Å²) >= 11 is 0. The SMILES string of the molecule is CCC/C=C\CCCCCCCC(=O)NC(COC1OC(CO)C(O)C(O)C1O)C(O)/C=C/CCCCCCCCCCCCCCCCCCCCCCCCCCCCCCCC. The summed E-state index contributed by atoms with van der Waals surface area (Å²) in [7, 11) is 0. The maximum Gasteiger partial charge on any atom is 0.220 e. The summed E-state index contributed by atoms with van der Waals surface area (Å²) in [6.45, 7) is 3.72. The molecule has 1 amide bonds. The summed E-state index contributed by atoms with van der Waals surface area (Å²) in [6.07, 6.45) is 51.4. The van der Waals surface area contributed by atoms with Gasteiger partial charge in [0.25, 0.3) is 0 Å². The van der Waals surface area contributed by atoms with Crippen LogP contribution >= 0.6 is 0 Å². The van der Waals surface area contributed by atoms with Gasteiger partial charge < -0.3 is 40.3 Å². The van der Waals surface area contributed by atoms with Gasteiger partial charge in [-0.05, 0) is 38.5 Å². The number of carbonyl (C=O) groups excluding carboxylic acids is 1. The van der Waals surface area contributed by atoms with Crippen molar-refractivity contribution in [3.05, 3.63) is 24.3 Å². The monoisotopic (exact) mass is 922 g/mol. The number of allylic oxidation sites excluding steroid dienone is 3. The summed E-state index contributed by atoms with van der Waals surface area (Å²) in [5.74, 6) is -0.187. The quantitative estimate of drug-likeness (QED) is 0.0261. The number of rotatable bonds is 48. The molecule has 0 aromatic rings. The fourth-order valence-electron chi connectivity index (χ4n) is 9.04. The zero-order valence-electron chi connectivity index (χ0n) is 42.5. The summed E-state index contributed by atoms with van der Waals surface area (Å²) < 4.78 is 11.2. The van der Waals surface area contributed by atoms with Crippen LogP contribution in [-0.4, -0.2) is 87.5 Å². The van der Waals surface area contributed by atoms with Gasteiger partial charge in [0.2, 0.25) is 5.91 Å². The minimum atomic E-state index is -1.57. The highest BCUT2D eigenvalue weighted by Crippen LogP contribution is 2.23. The Morgan fingerprint density at radius 1 is 0.508 bits per heavy atom. The number of nitrogens with one attached hydrogen (secondary N) is 1. The van der Waals surface area contributed by atoms with E-state index in [-0.39, 0.29) is 12.5 Å². The molecule has 0 saturated carbocycles. The highest BCUT2D eigenvalue weighted by Gasteiger charge is 2.44. The van der Waals surface area contributed by atoms with E-state index in [9.17, 15) is 30.3 Å². The van der Waals surface area contributed by atoms with Crippen LogP contribution in [0, 0.1) is 0 Å². The molecule has 0 radical (unpaired) electrons. The van der Waals surface area contributed by atoms with Gasteiger partial charge in [0.05, 0.1) is 25.4 Å². The first-order valence-electron chi connectivity index (χ1n) is 28.1. The minimum absolute atomic E-state index is 0.187. The van der Waals surface area contributed by atoms with Crippen LogP contribution in [0.4, 0.5) is 0 Å². The lowest BCUT2D eigenvalue weighted by Gasteiger charge is -2.40. The second kappa shape index (κ2) is 46.4. The van der Waals surface area contributed by atoms with Crippen molar-refractivity contribution in [2.45, 2.75) is 314 Å². The van der Waals surface area contributed by atoms with Gasteiger partial charge >= 0.3 is 0 Å². The first-order chi connectivity index (χ1) is 31.8. The zero-order valence-corrected chi connectivity index (χ0v) is 42.5. The Morgan fingerprint density at radius 2 is 0.892 bits per heavy atom. The Morgan fingerprint density at radius 3 is 1.31 bits per heavy atom. The Kier molecular flexibility index (Phi) is 44.0. The second-order valence-electron chi connectivity index (χ2n) is 19.7. The Bertz CT molecular complexity index is 1070. The average Bonchev–Trinajstić information content (AvgIpc) is 3.31. The van der Waals surface area contributed by atoms with Crippen molar-refractivity contribution in [3.63, 3.8) is 0 Å². The number of ether oxygens (including phenoxy) is 2. The van der Waals surface area contributed by atoms with Gasteiger partial charge in [-0.1, -0.05) is 250 Å². The number of aliphatic hydroxyl groups is 5. The summed E-state index contributed by atoms with van der Waals surface area (Å²) in [5.41, 5.74) is 0. The molecule has 0 spiro atoms. The van der Waals surface area contributed by atoms with Crippen LogP contribution in [0.1, 0.15) is 271 Å². The lowest BCUT2D eigenvalue weighted by Crippen LogP contribution is -2.60. The van der Waals surface area contributed by atoms with E-state index in [1.807, 2.05) is 6.08 Å². The predicted octanol–water partition coefficient (Wildman–Crippen LogP) is 13.4. The van der Waals surface area contributed by atoms with E-state index in [0.717, 1.165) is 64.2 Å². The predicted molar refractivity (Wildman–Crippen MR) is 272 cm³/mol. The molecule has 7 unspecified atom stereocenters. The van der Waals surface area contributed by atoms with Crippen LogP contribution in [0.25, 0.3) is 0 Å². The van der Waals surface area contributed by atoms with Gasteiger partial charge in [-0.2, -0.15) is 0 Å². The normalized spacial score (nSPS) is 20.0. The molecular weight excluding hydrogens is 815 g/mol. The standard InChI is InChI=1S/C56H107NO8/c1-3-5-7-9-11-13-15-16-17-18-19-20-21-22-23-24-25-26-27-28-29-30-31-32-33-34-35-36-37-39-41-43-45-50(59)49(48-64-56-55(63)54(62)53(61)51(47-58)65-56)57-52(60)46-44-42-40-38-14-12-10-8-6-4-2/h8,10,43,45,49-51,53-56,58-59,61-63H,3-7,9,11-42,44,46-48H2,1-2H3,(H,57,60)/b10-8-,45-43+. The number of unbranched alkanes of at least 4 members (excludes halogenated alkanes) is 36. The largest absolute Gasteiger partial charge is 0.394 e. The molecule has 0 aromatic heterocycles. The number of hydrogen-bond acceptors (Lipinski definition) is 8. The van der Waals surface area contributed by atoms with Crippen molar-refractivity contribution in [1.82, 2.24) is 5.32 Å². The lowest BCUT2D eigenvalue weighted by molar-refractivity contribution is -0.302. The molecule has 65 heavy (non-hydrogen) atoms.